The largest absolute Gasteiger partial charge is 0.349 e. The number of rotatable bonds is 6. The van der Waals surface area contributed by atoms with Crippen molar-refractivity contribution in [1.82, 2.24) is 25.8 Å². The van der Waals surface area contributed by atoms with Crippen LogP contribution in [0.4, 0.5) is 4.79 Å². The standard InChI is InChI=1S/C19H23N5O5S/c1-3-23-9-10-24(16(27)15(23)26)18(29)21-13(12-7-5-4-6-8-12)14(25)22-19(30-2)11-20-17(19)28/h4-8,13H,3,9-11H2,1-2H3,(H,20,28)(H,21,29)(H,22,25). The molecular weight excluding hydrogens is 410 g/mol. The summed E-state index contributed by atoms with van der Waals surface area (Å²) < 4.78 is 0. The number of nitrogens with one attached hydrogen (secondary N) is 3. The summed E-state index contributed by atoms with van der Waals surface area (Å²) in [5.41, 5.74) is 0.477. The lowest BCUT2D eigenvalue weighted by atomic mass is 10.0. The number of amides is 6. The fourth-order valence-corrected chi connectivity index (χ4v) is 3.90. The summed E-state index contributed by atoms with van der Waals surface area (Å²) in [6, 6.07) is 6.48. The van der Waals surface area contributed by atoms with Crippen molar-refractivity contribution in [2.45, 2.75) is 17.8 Å². The number of hydrogen-bond donors (Lipinski definition) is 3. The van der Waals surface area contributed by atoms with Crippen molar-refractivity contribution in [3.05, 3.63) is 35.9 Å². The van der Waals surface area contributed by atoms with E-state index in [0.717, 1.165) is 4.90 Å². The molecule has 30 heavy (non-hydrogen) atoms. The molecule has 0 bridgehead atoms. The van der Waals surface area contributed by atoms with Gasteiger partial charge in [0.15, 0.2) is 4.87 Å². The van der Waals surface area contributed by atoms with Crippen molar-refractivity contribution >= 4 is 41.4 Å². The van der Waals surface area contributed by atoms with Gasteiger partial charge < -0.3 is 20.9 Å². The Morgan fingerprint density at radius 2 is 1.87 bits per heavy atom. The Kier molecular flexibility index (Phi) is 6.30. The van der Waals surface area contributed by atoms with Crippen LogP contribution in [0.2, 0.25) is 0 Å². The van der Waals surface area contributed by atoms with Crippen LogP contribution in [0.1, 0.15) is 18.5 Å². The molecule has 160 valence electrons. The van der Waals surface area contributed by atoms with Gasteiger partial charge in [-0.25, -0.2) is 4.79 Å². The van der Waals surface area contributed by atoms with E-state index in [2.05, 4.69) is 16.0 Å². The maximum Gasteiger partial charge on any atom is 0.325 e. The van der Waals surface area contributed by atoms with Crippen molar-refractivity contribution in [3.63, 3.8) is 0 Å². The highest BCUT2D eigenvalue weighted by molar-refractivity contribution is 8.00. The van der Waals surface area contributed by atoms with E-state index in [9.17, 15) is 24.0 Å². The molecule has 11 heteroatoms. The second kappa shape index (κ2) is 8.74. The average Bonchev–Trinajstić information content (AvgIpc) is 2.76. The van der Waals surface area contributed by atoms with Gasteiger partial charge in [-0.2, -0.15) is 0 Å². The van der Waals surface area contributed by atoms with Crippen molar-refractivity contribution in [2.24, 2.45) is 0 Å². The molecule has 0 aliphatic carbocycles. The Hall–Kier alpha value is -3.08. The summed E-state index contributed by atoms with van der Waals surface area (Å²) in [7, 11) is 0. The van der Waals surface area contributed by atoms with Crippen molar-refractivity contribution in [1.29, 1.82) is 0 Å². The third-order valence-electron chi connectivity index (χ3n) is 5.14. The second-order valence-electron chi connectivity index (χ2n) is 6.84. The Bertz CT molecular complexity index is 875. The van der Waals surface area contributed by atoms with Crippen LogP contribution in [-0.2, 0) is 19.2 Å². The van der Waals surface area contributed by atoms with E-state index in [4.69, 9.17) is 0 Å². The number of urea groups is 1. The predicted octanol–water partition coefficient (Wildman–Crippen LogP) is -0.567. The predicted molar refractivity (Wildman–Crippen MR) is 109 cm³/mol. The van der Waals surface area contributed by atoms with Crippen LogP contribution in [-0.4, -0.2) is 76.8 Å². The van der Waals surface area contributed by atoms with Crippen molar-refractivity contribution in [2.75, 3.05) is 32.4 Å². The minimum Gasteiger partial charge on any atom is -0.349 e. The Balaban J connectivity index is 1.79. The van der Waals surface area contributed by atoms with E-state index in [1.54, 1.807) is 43.5 Å². The number of hydrogen-bond acceptors (Lipinski definition) is 6. The molecule has 2 aliphatic heterocycles. The zero-order valence-corrected chi connectivity index (χ0v) is 17.5. The third kappa shape index (κ3) is 3.97. The smallest absolute Gasteiger partial charge is 0.325 e. The van der Waals surface area contributed by atoms with Crippen LogP contribution >= 0.6 is 11.8 Å². The second-order valence-corrected chi connectivity index (χ2v) is 7.94. The molecule has 2 atom stereocenters. The van der Waals surface area contributed by atoms with Crippen LogP contribution in [0.15, 0.2) is 30.3 Å². The lowest BCUT2D eigenvalue weighted by Crippen LogP contribution is -2.71. The van der Waals surface area contributed by atoms with Gasteiger partial charge in [-0.15, -0.1) is 11.8 Å². The lowest BCUT2D eigenvalue weighted by molar-refractivity contribution is -0.153. The van der Waals surface area contributed by atoms with Gasteiger partial charge in [-0.05, 0) is 18.7 Å². The molecule has 1 aromatic carbocycles. The first-order chi connectivity index (χ1) is 14.3. The quantitative estimate of drug-likeness (QED) is 0.313. The summed E-state index contributed by atoms with van der Waals surface area (Å²) >= 11 is 1.19. The first-order valence-electron chi connectivity index (χ1n) is 9.44. The minimum atomic E-state index is -1.15. The molecule has 6 amide bonds. The number of carbonyl (C=O) groups is 5. The molecule has 0 radical (unpaired) electrons. The number of nitrogens with zero attached hydrogens (tertiary/aromatic N) is 2. The van der Waals surface area contributed by atoms with Crippen LogP contribution in [0.5, 0.6) is 0 Å². The van der Waals surface area contributed by atoms with Crippen LogP contribution in [0, 0.1) is 0 Å². The minimum absolute atomic E-state index is 0.0323. The van der Waals surface area contributed by atoms with E-state index in [0.29, 0.717) is 12.1 Å². The van der Waals surface area contributed by atoms with Gasteiger partial charge in [-0.3, -0.25) is 24.1 Å². The first kappa shape index (κ1) is 21.6. The summed E-state index contributed by atoms with van der Waals surface area (Å²) in [6.07, 6.45) is 1.70. The van der Waals surface area contributed by atoms with Gasteiger partial charge in [-0.1, -0.05) is 30.3 Å². The van der Waals surface area contributed by atoms with Crippen molar-refractivity contribution < 1.29 is 24.0 Å². The van der Waals surface area contributed by atoms with Gasteiger partial charge in [0.2, 0.25) is 5.91 Å². The average molecular weight is 433 g/mol. The molecular formula is C19H23N5O5S. The zero-order chi connectivity index (χ0) is 21.9. The molecule has 0 saturated carbocycles. The highest BCUT2D eigenvalue weighted by atomic mass is 32.2. The van der Waals surface area contributed by atoms with E-state index in [1.807, 2.05) is 0 Å². The highest BCUT2D eigenvalue weighted by Crippen LogP contribution is 2.27. The van der Waals surface area contributed by atoms with Crippen LogP contribution in [0.3, 0.4) is 0 Å². The SMILES string of the molecule is CCN1CCN(C(=O)NC(C(=O)NC2(SC)CNC2=O)c2ccccc2)C(=O)C1=O. The molecule has 2 fully saturated rings. The molecule has 1 aromatic rings. The summed E-state index contributed by atoms with van der Waals surface area (Å²) in [5, 5.41) is 7.82. The molecule has 3 rings (SSSR count). The Morgan fingerprint density at radius 3 is 2.40 bits per heavy atom. The fourth-order valence-electron chi connectivity index (χ4n) is 3.23. The van der Waals surface area contributed by atoms with Crippen molar-refractivity contribution in [3.8, 4) is 0 Å². The number of β-lactam (4-membered cyclic amide) rings is 1. The molecule has 2 unspecified atom stereocenters. The molecule has 2 aliphatic rings. The van der Waals surface area contributed by atoms with Gasteiger partial charge in [0.05, 0.1) is 6.54 Å². The topological polar surface area (TPSA) is 128 Å². The Labute approximate surface area is 177 Å². The third-order valence-corrected chi connectivity index (χ3v) is 6.27. The molecule has 2 heterocycles. The maximum atomic E-state index is 13.0. The first-order valence-corrected chi connectivity index (χ1v) is 10.7. The fraction of sp³-hybridized carbons (Fsp3) is 0.421. The maximum absolute atomic E-state index is 13.0. The van der Waals surface area contributed by atoms with E-state index in [1.165, 1.54) is 16.7 Å². The van der Waals surface area contributed by atoms with Crippen LogP contribution < -0.4 is 16.0 Å². The summed E-state index contributed by atoms with van der Waals surface area (Å²) in [5.74, 6) is -2.61. The Morgan fingerprint density at radius 1 is 1.17 bits per heavy atom. The van der Waals surface area contributed by atoms with Gasteiger partial charge in [0.1, 0.15) is 6.04 Å². The summed E-state index contributed by atoms with van der Waals surface area (Å²) in [6.45, 7) is 2.64. The molecule has 0 spiro atoms. The van der Waals surface area contributed by atoms with E-state index >= 15 is 0 Å². The van der Waals surface area contributed by atoms with E-state index in [-0.39, 0.29) is 25.5 Å². The van der Waals surface area contributed by atoms with Gasteiger partial charge >= 0.3 is 17.8 Å². The van der Waals surface area contributed by atoms with E-state index < -0.39 is 34.7 Å². The molecule has 3 N–H and O–H groups in total. The normalized spacial score (nSPS) is 22.1. The molecule has 10 nitrogen and oxygen atoms in total. The highest BCUT2D eigenvalue weighted by Gasteiger charge is 2.48. The number of benzene rings is 1. The molecule has 2 saturated heterocycles. The number of thioether (sulfide) groups is 1. The monoisotopic (exact) mass is 433 g/mol. The zero-order valence-electron chi connectivity index (χ0n) is 16.6. The lowest BCUT2D eigenvalue weighted by Gasteiger charge is -2.40. The van der Waals surface area contributed by atoms with Gasteiger partial charge in [0, 0.05) is 19.6 Å². The summed E-state index contributed by atoms with van der Waals surface area (Å²) in [4.78, 5) is 63.2. The number of imide groups is 1. The van der Waals surface area contributed by atoms with Crippen LogP contribution in [0.25, 0.3) is 0 Å². The number of likely N-dealkylation sites (N-methyl/N-ethyl adjacent to an activating group) is 1. The number of piperazine rings is 1. The molecule has 0 aromatic heterocycles. The number of carbonyl (C=O) groups excluding carboxylic acids is 5. The van der Waals surface area contributed by atoms with Gasteiger partial charge in [0.25, 0.3) is 5.91 Å².